The fraction of sp³-hybridized carbons (Fsp3) is 0.632. The highest BCUT2D eigenvalue weighted by Crippen LogP contribution is 2.36. The van der Waals surface area contributed by atoms with Gasteiger partial charge in [0.2, 0.25) is 0 Å². The summed E-state index contributed by atoms with van der Waals surface area (Å²) in [5.74, 6) is 3.01. The van der Waals surface area contributed by atoms with Crippen molar-refractivity contribution in [2.24, 2.45) is 10.9 Å². The molecule has 0 bridgehead atoms. The van der Waals surface area contributed by atoms with Crippen LogP contribution in [0.15, 0.2) is 21.6 Å². The van der Waals surface area contributed by atoms with Gasteiger partial charge in [0, 0.05) is 26.3 Å². The van der Waals surface area contributed by atoms with E-state index in [9.17, 15) is 0 Å². The summed E-state index contributed by atoms with van der Waals surface area (Å²) in [5.41, 5.74) is 1.04. The average molecular weight is 556 g/mol. The highest BCUT2D eigenvalue weighted by Gasteiger charge is 2.20. The van der Waals surface area contributed by atoms with Crippen molar-refractivity contribution < 1.29 is 14.2 Å². The number of aliphatic imine (C=N–C) groups is 1. The standard InChI is InChI=1S/C19H30BrN3O3.HI/c1-4-21-19(22-8-5-9-26-13-14-6-7-14)23-12-15-10-16(20)18(25-3)17(11-15)24-2;/h10-11,14H,4-9,12-13H2,1-3H3,(H2,21,22,23);1H. The number of hydrogen-bond acceptors (Lipinski definition) is 4. The van der Waals surface area contributed by atoms with Gasteiger partial charge in [-0.05, 0) is 65.7 Å². The van der Waals surface area contributed by atoms with Crippen molar-refractivity contribution in [3.8, 4) is 11.5 Å². The normalized spacial score (nSPS) is 13.7. The predicted octanol–water partition coefficient (Wildman–Crippen LogP) is 3.96. The van der Waals surface area contributed by atoms with Crippen LogP contribution in [0.25, 0.3) is 0 Å². The lowest BCUT2D eigenvalue weighted by atomic mass is 10.2. The molecule has 0 atom stereocenters. The Morgan fingerprint density at radius 3 is 2.63 bits per heavy atom. The molecular formula is C19H31BrIN3O3. The molecule has 1 saturated carbocycles. The van der Waals surface area contributed by atoms with E-state index in [0.717, 1.165) is 54.6 Å². The SMILES string of the molecule is CCNC(=NCc1cc(Br)c(OC)c(OC)c1)NCCCOCC1CC1.I. The molecule has 2 N–H and O–H groups in total. The van der Waals surface area contributed by atoms with Gasteiger partial charge in [-0.2, -0.15) is 0 Å². The van der Waals surface area contributed by atoms with E-state index in [1.165, 1.54) is 12.8 Å². The molecule has 0 heterocycles. The minimum Gasteiger partial charge on any atom is -0.493 e. The van der Waals surface area contributed by atoms with Gasteiger partial charge in [0.1, 0.15) is 0 Å². The maximum Gasteiger partial charge on any atom is 0.191 e. The Morgan fingerprint density at radius 1 is 1.22 bits per heavy atom. The molecule has 0 radical (unpaired) electrons. The molecule has 8 heteroatoms. The Bertz CT molecular complexity index is 598. The van der Waals surface area contributed by atoms with Crippen LogP contribution in [0.2, 0.25) is 0 Å². The fourth-order valence-electron chi connectivity index (χ4n) is 2.49. The maximum absolute atomic E-state index is 5.66. The first-order valence-electron chi connectivity index (χ1n) is 9.18. The third-order valence-electron chi connectivity index (χ3n) is 4.07. The van der Waals surface area contributed by atoms with Crippen molar-refractivity contribution >= 4 is 45.9 Å². The Kier molecular flexibility index (Phi) is 12.1. The first kappa shape index (κ1) is 24.3. The van der Waals surface area contributed by atoms with Crippen LogP contribution < -0.4 is 20.1 Å². The van der Waals surface area contributed by atoms with Gasteiger partial charge in [0.15, 0.2) is 17.5 Å². The van der Waals surface area contributed by atoms with Gasteiger partial charge in [0.25, 0.3) is 0 Å². The smallest absolute Gasteiger partial charge is 0.191 e. The highest BCUT2D eigenvalue weighted by molar-refractivity contribution is 14.0. The van der Waals surface area contributed by atoms with Crippen LogP contribution in [0.1, 0.15) is 31.7 Å². The van der Waals surface area contributed by atoms with Gasteiger partial charge in [-0.25, -0.2) is 4.99 Å². The summed E-state index contributed by atoms with van der Waals surface area (Å²) in [5, 5.41) is 6.62. The van der Waals surface area contributed by atoms with Crippen LogP contribution in [-0.2, 0) is 11.3 Å². The third-order valence-corrected chi connectivity index (χ3v) is 4.65. The average Bonchev–Trinajstić information content (AvgIpc) is 3.46. The van der Waals surface area contributed by atoms with Crippen LogP contribution in [0.5, 0.6) is 11.5 Å². The molecule has 6 nitrogen and oxygen atoms in total. The van der Waals surface area contributed by atoms with Crippen LogP contribution in [0, 0.1) is 5.92 Å². The van der Waals surface area contributed by atoms with E-state index >= 15 is 0 Å². The van der Waals surface area contributed by atoms with E-state index in [-0.39, 0.29) is 24.0 Å². The van der Waals surface area contributed by atoms with Crippen molar-refractivity contribution in [3.05, 3.63) is 22.2 Å². The number of hydrogen-bond donors (Lipinski definition) is 2. The number of ether oxygens (including phenoxy) is 3. The summed E-state index contributed by atoms with van der Waals surface area (Å²) in [6.45, 7) is 5.98. The zero-order valence-corrected chi connectivity index (χ0v) is 20.3. The van der Waals surface area contributed by atoms with Gasteiger partial charge >= 0.3 is 0 Å². The first-order chi connectivity index (χ1) is 12.7. The van der Waals surface area contributed by atoms with E-state index in [4.69, 9.17) is 14.2 Å². The van der Waals surface area contributed by atoms with Crippen LogP contribution in [0.4, 0.5) is 0 Å². The molecule has 154 valence electrons. The minimum absolute atomic E-state index is 0. The lowest BCUT2D eigenvalue weighted by Crippen LogP contribution is -2.38. The number of nitrogens with one attached hydrogen (secondary N) is 2. The second-order valence-corrected chi connectivity index (χ2v) is 7.16. The summed E-state index contributed by atoms with van der Waals surface area (Å²) < 4.78 is 17.2. The van der Waals surface area contributed by atoms with Crippen molar-refractivity contribution in [1.82, 2.24) is 10.6 Å². The minimum atomic E-state index is 0. The summed E-state index contributed by atoms with van der Waals surface area (Å²) in [4.78, 5) is 4.65. The van der Waals surface area contributed by atoms with Crippen molar-refractivity contribution in [2.75, 3.05) is 40.5 Å². The monoisotopic (exact) mass is 555 g/mol. The number of guanidine groups is 1. The van der Waals surface area contributed by atoms with Crippen molar-refractivity contribution in [2.45, 2.75) is 32.7 Å². The summed E-state index contributed by atoms with van der Waals surface area (Å²) in [6, 6.07) is 3.95. The zero-order chi connectivity index (χ0) is 18.8. The quantitative estimate of drug-likeness (QED) is 0.187. The first-order valence-corrected chi connectivity index (χ1v) is 9.97. The molecular weight excluding hydrogens is 525 g/mol. The van der Waals surface area contributed by atoms with E-state index < -0.39 is 0 Å². The Hall–Kier alpha value is -0.740. The Morgan fingerprint density at radius 2 is 2.00 bits per heavy atom. The van der Waals surface area contributed by atoms with E-state index in [1.807, 2.05) is 12.1 Å². The summed E-state index contributed by atoms with van der Waals surface area (Å²) in [6.07, 6.45) is 3.64. The predicted molar refractivity (Wildman–Crippen MR) is 124 cm³/mol. The number of methoxy groups -OCH3 is 2. The topological polar surface area (TPSA) is 64.1 Å². The number of halogens is 2. The summed E-state index contributed by atoms with van der Waals surface area (Å²) >= 11 is 3.52. The highest BCUT2D eigenvalue weighted by atomic mass is 127. The van der Waals surface area contributed by atoms with Crippen LogP contribution in [0.3, 0.4) is 0 Å². The second kappa shape index (κ2) is 13.4. The van der Waals surface area contributed by atoms with Gasteiger partial charge < -0.3 is 24.8 Å². The van der Waals surface area contributed by atoms with Crippen molar-refractivity contribution in [3.63, 3.8) is 0 Å². The third kappa shape index (κ3) is 8.87. The maximum atomic E-state index is 5.66. The van der Waals surface area contributed by atoms with Gasteiger partial charge in [-0.1, -0.05) is 0 Å². The molecule has 1 aliphatic carbocycles. The molecule has 0 unspecified atom stereocenters. The zero-order valence-electron chi connectivity index (χ0n) is 16.3. The molecule has 1 aromatic carbocycles. The molecule has 0 aromatic heterocycles. The lowest BCUT2D eigenvalue weighted by molar-refractivity contribution is 0.123. The number of nitrogens with zero attached hydrogens (tertiary/aromatic N) is 1. The molecule has 0 saturated heterocycles. The fourth-order valence-corrected chi connectivity index (χ4v) is 3.14. The van der Waals surface area contributed by atoms with E-state index in [0.29, 0.717) is 18.0 Å². The second-order valence-electron chi connectivity index (χ2n) is 6.31. The molecule has 27 heavy (non-hydrogen) atoms. The summed E-state index contributed by atoms with van der Waals surface area (Å²) in [7, 11) is 3.26. The van der Waals surface area contributed by atoms with Crippen molar-refractivity contribution in [1.29, 1.82) is 0 Å². The number of benzene rings is 1. The molecule has 0 spiro atoms. The molecule has 0 amide bonds. The molecule has 2 rings (SSSR count). The van der Waals surface area contributed by atoms with Crippen LogP contribution >= 0.6 is 39.9 Å². The van der Waals surface area contributed by atoms with E-state index in [1.54, 1.807) is 14.2 Å². The van der Waals surface area contributed by atoms with Gasteiger partial charge in [0.05, 0.1) is 25.2 Å². The molecule has 1 fully saturated rings. The van der Waals surface area contributed by atoms with Gasteiger partial charge in [-0.3, -0.25) is 0 Å². The molecule has 1 aromatic rings. The molecule has 1 aliphatic rings. The van der Waals surface area contributed by atoms with Gasteiger partial charge in [-0.15, -0.1) is 24.0 Å². The van der Waals surface area contributed by atoms with Crippen LogP contribution in [-0.4, -0.2) is 46.5 Å². The number of rotatable bonds is 11. The van der Waals surface area contributed by atoms with E-state index in [2.05, 4.69) is 38.5 Å². The largest absolute Gasteiger partial charge is 0.493 e. The Labute approximate surface area is 188 Å². The lowest BCUT2D eigenvalue weighted by Gasteiger charge is -2.13. The Balaban J connectivity index is 0.00000364. The molecule has 0 aliphatic heterocycles.